The number of nitrogens with one attached hydrogen (secondary N) is 1. The molecule has 0 saturated carbocycles. The van der Waals surface area contributed by atoms with E-state index >= 15 is 0 Å². The summed E-state index contributed by atoms with van der Waals surface area (Å²) >= 11 is 2.15. The number of benzene rings is 1. The number of pyridine rings is 2. The van der Waals surface area contributed by atoms with E-state index in [1.165, 1.54) is 0 Å². The van der Waals surface area contributed by atoms with Crippen LogP contribution >= 0.6 is 22.6 Å². The summed E-state index contributed by atoms with van der Waals surface area (Å²) in [4.78, 5) is 29.4. The first-order valence-electron chi connectivity index (χ1n) is 10.3. The van der Waals surface area contributed by atoms with Gasteiger partial charge in [0.25, 0.3) is 5.56 Å². The van der Waals surface area contributed by atoms with Gasteiger partial charge in [0.1, 0.15) is 11.4 Å². The van der Waals surface area contributed by atoms with Gasteiger partial charge in [0, 0.05) is 18.6 Å². The van der Waals surface area contributed by atoms with Gasteiger partial charge in [-0.1, -0.05) is 22.6 Å². The number of hydrogen-bond acceptors (Lipinski definition) is 5. The molecule has 34 heavy (non-hydrogen) atoms. The van der Waals surface area contributed by atoms with E-state index in [1.54, 1.807) is 31.5 Å². The SMILES string of the molecule is CI.Cc1cc(OCCCc2ccncc2)cc2c(=O)[nH]c(-c3cc(C(F)(F)F)ccn3)nc12. The maximum Gasteiger partial charge on any atom is 0.416 e. The molecule has 0 unspecified atom stereocenters. The highest BCUT2D eigenvalue weighted by Crippen LogP contribution is 2.31. The molecule has 0 bridgehead atoms. The van der Waals surface area contributed by atoms with Crippen LogP contribution in [0.25, 0.3) is 22.4 Å². The second kappa shape index (κ2) is 11.4. The molecule has 0 radical (unpaired) electrons. The van der Waals surface area contributed by atoms with Gasteiger partial charge in [-0.2, -0.15) is 13.2 Å². The van der Waals surface area contributed by atoms with Crippen LogP contribution in [0.4, 0.5) is 13.2 Å². The van der Waals surface area contributed by atoms with E-state index in [-0.39, 0.29) is 11.5 Å². The van der Waals surface area contributed by atoms with Crippen molar-refractivity contribution in [2.45, 2.75) is 25.9 Å². The molecule has 0 spiro atoms. The number of hydrogen-bond donors (Lipinski definition) is 1. The van der Waals surface area contributed by atoms with Crippen molar-refractivity contribution in [2.75, 3.05) is 11.5 Å². The molecule has 4 rings (SSSR count). The van der Waals surface area contributed by atoms with Gasteiger partial charge in [0.2, 0.25) is 0 Å². The third-order valence-electron chi connectivity index (χ3n) is 4.93. The average molecular weight is 582 g/mol. The highest BCUT2D eigenvalue weighted by Gasteiger charge is 2.31. The van der Waals surface area contributed by atoms with Crippen LogP contribution in [0.2, 0.25) is 0 Å². The molecule has 0 aliphatic heterocycles. The van der Waals surface area contributed by atoms with Gasteiger partial charge >= 0.3 is 6.18 Å². The van der Waals surface area contributed by atoms with E-state index < -0.39 is 17.3 Å². The molecular formula is C24H22F3IN4O2. The Bertz CT molecular complexity index is 1310. The number of fused-ring (bicyclic) bond motifs is 1. The Labute approximate surface area is 207 Å². The Morgan fingerprint density at radius 2 is 1.79 bits per heavy atom. The number of aryl methyl sites for hydroxylation is 2. The monoisotopic (exact) mass is 582 g/mol. The summed E-state index contributed by atoms with van der Waals surface area (Å²) in [6.07, 6.45) is 1.63. The number of H-pyrrole nitrogens is 1. The van der Waals surface area contributed by atoms with Crippen LogP contribution in [0.5, 0.6) is 5.75 Å². The first kappa shape index (κ1) is 25.6. The maximum atomic E-state index is 13.0. The van der Waals surface area contributed by atoms with Gasteiger partial charge in [0.15, 0.2) is 5.82 Å². The normalized spacial score (nSPS) is 11.1. The quantitative estimate of drug-likeness (QED) is 0.178. The van der Waals surface area contributed by atoms with Gasteiger partial charge < -0.3 is 9.72 Å². The molecule has 0 saturated heterocycles. The summed E-state index contributed by atoms with van der Waals surface area (Å²) in [6.45, 7) is 2.23. The lowest BCUT2D eigenvalue weighted by atomic mass is 10.1. The molecule has 0 amide bonds. The first-order valence-corrected chi connectivity index (χ1v) is 12.4. The second-order valence-corrected chi connectivity index (χ2v) is 7.29. The summed E-state index contributed by atoms with van der Waals surface area (Å²) in [5.74, 6) is 0.504. The minimum atomic E-state index is -4.52. The van der Waals surface area contributed by atoms with E-state index in [2.05, 4.69) is 42.5 Å². The summed E-state index contributed by atoms with van der Waals surface area (Å²) in [7, 11) is 0. The highest BCUT2D eigenvalue weighted by molar-refractivity contribution is 14.1. The van der Waals surface area contributed by atoms with E-state index in [9.17, 15) is 18.0 Å². The molecule has 3 aromatic heterocycles. The van der Waals surface area contributed by atoms with Gasteiger partial charge in [-0.15, -0.1) is 0 Å². The highest BCUT2D eigenvalue weighted by atomic mass is 127. The molecule has 1 aromatic carbocycles. The molecule has 4 aromatic rings. The second-order valence-electron chi connectivity index (χ2n) is 7.29. The van der Waals surface area contributed by atoms with Gasteiger partial charge in [-0.25, -0.2) is 4.98 Å². The molecule has 0 fully saturated rings. The summed E-state index contributed by atoms with van der Waals surface area (Å²) in [6, 6.07) is 8.96. The van der Waals surface area contributed by atoms with Gasteiger partial charge in [0.05, 0.1) is 23.1 Å². The standard InChI is InChI=1S/C23H19F3N4O2.CH3I/c1-14-11-17(32-10-2-3-15-4-7-27-8-5-15)13-18-20(14)29-21(30-22(18)31)19-12-16(6-9-28-19)23(24,25)26;1-2/h4-9,11-13H,2-3,10H2,1H3,(H,29,30,31);1H3. The molecule has 6 nitrogen and oxygen atoms in total. The Balaban J connectivity index is 0.00000158. The number of aromatic nitrogens is 4. The molecule has 0 atom stereocenters. The zero-order valence-electron chi connectivity index (χ0n) is 18.5. The summed E-state index contributed by atoms with van der Waals surface area (Å²) in [5, 5.41) is 0.296. The Morgan fingerprint density at radius 3 is 2.50 bits per heavy atom. The molecule has 3 heterocycles. The van der Waals surface area contributed by atoms with E-state index in [0.717, 1.165) is 36.7 Å². The Morgan fingerprint density at radius 1 is 1.06 bits per heavy atom. The van der Waals surface area contributed by atoms with Crippen molar-refractivity contribution >= 4 is 33.5 Å². The van der Waals surface area contributed by atoms with E-state index in [0.29, 0.717) is 28.8 Å². The van der Waals surface area contributed by atoms with E-state index in [1.807, 2.05) is 17.1 Å². The van der Waals surface area contributed by atoms with Crippen molar-refractivity contribution in [1.29, 1.82) is 0 Å². The van der Waals surface area contributed by atoms with Crippen molar-refractivity contribution in [1.82, 2.24) is 19.9 Å². The van der Waals surface area contributed by atoms with Crippen LogP contribution in [0.1, 0.15) is 23.1 Å². The van der Waals surface area contributed by atoms with Crippen LogP contribution in [0.15, 0.2) is 59.8 Å². The zero-order valence-corrected chi connectivity index (χ0v) is 20.6. The lowest BCUT2D eigenvalue weighted by Gasteiger charge is -2.11. The third-order valence-corrected chi connectivity index (χ3v) is 4.93. The van der Waals surface area contributed by atoms with Crippen molar-refractivity contribution < 1.29 is 17.9 Å². The smallest absolute Gasteiger partial charge is 0.416 e. The zero-order chi connectivity index (χ0) is 24.7. The van der Waals surface area contributed by atoms with Crippen molar-refractivity contribution in [3.63, 3.8) is 0 Å². The molecular weight excluding hydrogens is 560 g/mol. The maximum absolute atomic E-state index is 13.0. The fraction of sp³-hybridized carbons (Fsp3) is 0.250. The number of alkyl halides is 4. The van der Waals surface area contributed by atoms with Gasteiger partial charge in [-0.3, -0.25) is 14.8 Å². The Hall–Kier alpha value is -3.02. The van der Waals surface area contributed by atoms with Crippen LogP contribution in [0.3, 0.4) is 0 Å². The third kappa shape index (κ3) is 6.31. The van der Waals surface area contributed by atoms with Crippen LogP contribution in [0, 0.1) is 6.92 Å². The fourth-order valence-electron chi connectivity index (χ4n) is 3.34. The van der Waals surface area contributed by atoms with Crippen LogP contribution in [-0.4, -0.2) is 31.5 Å². The molecule has 10 heteroatoms. The first-order chi connectivity index (χ1) is 16.3. The molecule has 0 aliphatic rings. The van der Waals surface area contributed by atoms with E-state index in [4.69, 9.17) is 4.74 Å². The Kier molecular flexibility index (Phi) is 8.59. The molecule has 178 valence electrons. The predicted octanol–water partition coefficient (Wildman–Crippen LogP) is 5.77. The van der Waals surface area contributed by atoms with Crippen LogP contribution < -0.4 is 10.3 Å². The predicted molar refractivity (Wildman–Crippen MR) is 133 cm³/mol. The van der Waals surface area contributed by atoms with Crippen molar-refractivity contribution in [3.05, 3.63) is 82.0 Å². The lowest BCUT2D eigenvalue weighted by Crippen LogP contribution is -2.12. The largest absolute Gasteiger partial charge is 0.494 e. The number of nitrogens with zero attached hydrogens (tertiary/aromatic N) is 3. The van der Waals surface area contributed by atoms with Gasteiger partial charge in [-0.05, 0) is 72.2 Å². The minimum Gasteiger partial charge on any atom is -0.494 e. The van der Waals surface area contributed by atoms with Crippen molar-refractivity contribution in [3.8, 4) is 17.3 Å². The fourth-order valence-corrected chi connectivity index (χ4v) is 3.34. The summed E-state index contributed by atoms with van der Waals surface area (Å²) in [5.41, 5.74) is 0.814. The molecule has 1 N–H and O–H groups in total. The minimum absolute atomic E-state index is 0.0253. The lowest BCUT2D eigenvalue weighted by molar-refractivity contribution is -0.137. The number of aromatic amines is 1. The average Bonchev–Trinajstić information content (AvgIpc) is 2.84. The summed E-state index contributed by atoms with van der Waals surface area (Å²) < 4.78 is 44.8. The topological polar surface area (TPSA) is 80.8 Å². The number of ether oxygens (including phenoxy) is 1. The van der Waals surface area contributed by atoms with Crippen LogP contribution in [-0.2, 0) is 12.6 Å². The molecule has 0 aliphatic carbocycles. The number of halogens is 4. The van der Waals surface area contributed by atoms with Crippen molar-refractivity contribution in [2.24, 2.45) is 0 Å². The number of rotatable bonds is 6.